The molecular formula is C13H15N3O5. The van der Waals surface area contributed by atoms with E-state index in [0.717, 1.165) is 12.3 Å². The Labute approximate surface area is 119 Å². The van der Waals surface area contributed by atoms with E-state index in [2.05, 4.69) is 10.3 Å². The molecule has 112 valence electrons. The van der Waals surface area contributed by atoms with Gasteiger partial charge in [0, 0.05) is 6.07 Å². The van der Waals surface area contributed by atoms with Crippen molar-refractivity contribution >= 4 is 5.97 Å². The first-order chi connectivity index (χ1) is 9.88. The number of rotatable bonds is 5. The number of hydrogen-bond donors (Lipinski definition) is 2. The average molecular weight is 293 g/mol. The molecule has 0 fully saturated rings. The zero-order valence-corrected chi connectivity index (χ0v) is 11.6. The molecule has 0 saturated heterocycles. The van der Waals surface area contributed by atoms with Crippen molar-refractivity contribution in [3.8, 4) is 5.75 Å². The summed E-state index contributed by atoms with van der Waals surface area (Å²) in [6.45, 7) is 3.96. The van der Waals surface area contributed by atoms with Crippen molar-refractivity contribution in [3.63, 3.8) is 0 Å². The maximum Gasteiger partial charge on any atom is 0.358 e. The summed E-state index contributed by atoms with van der Waals surface area (Å²) in [4.78, 5) is 22.5. The van der Waals surface area contributed by atoms with E-state index in [1.807, 2.05) is 13.8 Å². The van der Waals surface area contributed by atoms with Gasteiger partial charge in [-0.1, -0.05) is 19.1 Å². The molecule has 2 rings (SSSR count). The molecule has 8 nitrogen and oxygen atoms in total. The lowest BCUT2D eigenvalue weighted by atomic mass is 10.1. The van der Waals surface area contributed by atoms with Crippen LogP contribution in [0.15, 0.2) is 21.5 Å². The number of carbonyl (C=O) groups is 1. The molecule has 2 aromatic rings. The van der Waals surface area contributed by atoms with Gasteiger partial charge >= 0.3 is 5.97 Å². The van der Waals surface area contributed by atoms with E-state index in [-0.39, 0.29) is 23.9 Å². The van der Waals surface area contributed by atoms with Crippen LogP contribution in [0.25, 0.3) is 0 Å². The van der Waals surface area contributed by atoms with Crippen LogP contribution in [0.2, 0.25) is 0 Å². The van der Waals surface area contributed by atoms with Crippen LogP contribution in [0.1, 0.15) is 35.8 Å². The molecule has 0 aromatic carbocycles. The molecule has 0 aliphatic rings. The van der Waals surface area contributed by atoms with Gasteiger partial charge in [-0.05, 0) is 12.3 Å². The predicted molar refractivity (Wildman–Crippen MR) is 71.3 cm³/mol. The summed E-state index contributed by atoms with van der Waals surface area (Å²) >= 11 is 0. The molecule has 0 unspecified atom stereocenters. The highest BCUT2D eigenvalue weighted by atomic mass is 16.4. The van der Waals surface area contributed by atoms with Crippen LogP contribution in [0.4, 0.5) is 0 Å². The van der Waals surface area contributed by atoms with Crippen LogP contribution in [0.3, 0.4) is 0 Å². The Kier molecular flexibility index (Phi) is 4.06. The SMILES string of the molecule is CC(C)Cc1c(C(=O)O)nnn1Cc1cc(=O)c(O)co1. The molecular weight excluding hydrogens is 278 g/mol. The number of aromatic nitrogens is 3. The summed E-state index contributed by atoms with van der Waals surface area (Å²) in [7, 11) is 0. The third-order valence-corrected chi connectivity index (χ3v) is 2.81. The average Bonchev–Trinajstić information content (AvgIpc) is 2.76. The standard InChI is InChI=1S/C13H15N3O5/c1-7(2)3-9-12(13(19)20)14-15-16(9)5-8-4-10(17)11(18)6-21-8/h4,6-7,18H,3,5H2,1-2H3,(H,19,20). The molecule has 2 N–H and O–H groups in total. The van der Waals surface area contributed by atoms with Gasteiger partial charge in [-0.15, -0.1) is 5.10 Å². The van der Waals surface area contributed by atoms with E-state index in [0.29, 0.717) is 12.1 Å². The summed E-state index contributed by atoms with van der Waals surface area (Å²) in [5.41, 5.74) is -0.210. The summed E-state index contributed by atoms with van der Waals surface area (Å²) in [5, 5.41) is 25.7. The fourth-order valence-corrected chi connectivity index (χ4v) is 1.89. The molecule has 0 saturated carbocycles. The minimum Gasteiger partial charge on any atom is -0.502 e. The van der Waals surface area contributed by atoms with Gasteiger partial charge in [-0.25, -0.2) is 9.48 Å². The number of aromatic hydroxyl groups is 1. The second-order valence-electron chi connectivity index (χ2n) is 5.04. The predicted octanol–water partition coefficient (Wildman–Crippen LogP) is 0.882. The zero-order chi connectivity index (χ0) is 15.6. The van der Waals surface area contributed by atoms with Gasteiger partial charge < -0.3 is 14.6 Å². The lowest BCUT2D eigenvalue weighted by molar-refractivity contribution is 0.0689. The Balaban J connectivity index is 2.36. The number of carboxylic acid groups (broad SMARTS) is 1. The number of hydrogen-bond acceptors (Lipinski definition) is 6. The monoisotopic (exact) mass is 293 g/mol. The van der Waals surface area contributed by atoms with Crippen LogP contribution in [-0.2, 0) is 13.0 Å². The third-order valence-electron chi connectivity index (χ3n) is 2.81. The number of nitrogens with zero attached hydrogens (tertiary/aromatic N) is 3. The van der Waals surface area contributed by atoms with Crippen LogP contribution in [-0.4, -0.2) is 31.2 Å². The summed E-state index contributed by atoms with van der Waals surface area (Å²) in [6, 6.07) is 1.14. The van der Waals surface area contributed by atoms with Crippen LogP contribution >= 0.6 is 0 Å². The van der Waals surface area contributed by atoms with E-state index in [1.165, 1.54) is 4.68 Å². The first-order valence-electron chi connectivity index (χ1n) is 6.34. The maximum absolute atomic E-state index is 11.4. The third kappa shape index (κ3) is 3.28. The van der Waals surface area contributed by atoms with Crippen molar-refractivity contribution in [2.45, 2.75) is 26.8 Å². The van der Waals surface area contributed by atoms with Gasteiger partial charge in [0.25, 0.3) is 0 Å². The van der Waals surface area contributed by atoms with Gasteiger partial charge in [0.2, 0.25) is 5.43 Å². The molecule has 0 atom stereocenters. The maximum atomic E-state index is 11.4. The number of aromatic carboxylic acids is 1. The topological polar surface area (TPSA) is 118 Å². The van der Waals surface area contributed by atoms with E-state index in [4.69, 9.17) is 14.6 Å². The summed E-state index contributed by atoms with van der Waals surface area (Å²) in [6.07, 6.45) is 1.42. The van der Waals surface area contributed by atoms with Gasteiger partial charge in [-0.2, -0.15) is 0 Å². The van der Waals surface area contributed by atoms with Crippen molar-refractivity contribution in [1.82, 2.24) is 15.0 Å². The van der Waals surface area contributed by atoms with E-state index in [9.17, 15) is 9.59 Å². The van der Waals surface area contributed by atoms with Crippen LogP contribution < -0.4 is 5.43 Å². The zero-order valence-electron chi connectivity index (χ0n) is 11.6. The normalized spacial score (nSPS) is 11.0. The van der Waals surface area contributed by atoms with Crippen LogP contribution in [0, 0.1) is 5.92 Å². The van der Waals surface area contributed by atoms with Crippen molar-refractivity contribution in [2.24, 2.45) is 5.92 Å². The number of carboxylic acids is 1. The minimum absolute atomic E-state index is 0.0673. The minimum atomic E-state index is -1.15. The van der Waals surface area contributed by atoms with Crippen molar-refractivity contribution in [1.29, 1.82) is 0 Å². The lowest BCUT2D eigenvalue weighted by Gasteiger charge is -2.08. The Morgan fingerprint density at radius 2 is 2.19 bits per heavy atom. The quantitative estimate of drug-likeness (QED) is 0.839. The van der Waals surface area contributed by atoms with E-state index in [1.54, 1.807) is 0 Å². The summed E-state index contributed by atoms with van der Waals surface area (Å²) < 4.78 is 6.47. The van der Waals surface area contributed by atoms with Crippen LogP contribution in [0.5, 0.6) is 5.75 Å². The Morgan fingerprint density at radius 3 is 2.76 bits per heavy atom. The van der Waals surface area contributed by atoms with E-state index < -0.39 is 17.1 Å². The molecule has 0 spiro atoms. The van der Waals surface area contributed by atoms with Gasteiger partial charge in [0.05, 0.1) is 5.69 Å². The lowest BCUT2D eigenvalue weighted by Crippen LogP contribution is -2.13. The molecule has 8 heteroatoms. The van der Waals surface area contributed by atoms with Gasteiger partial charge in [0.1, 0.15) is 18.6 Å². The largest absolute Gasteiger partial charge is 0.502 e. The van der Waals surface area contributed by atoms with E-state index >= 15 is 0 Å². The Bertz CT molecular complexity index is 717. The molecule has 0 radical (unpaired) electrons. The van der Waals surface area contributed by atoms with Crippen molar-refractivity contribution in [2.75, 3.05) is 0 Å². The molecule has 21 heavy (non-hydrogen) atoms. The van der Waals surface area contributed by atoms with Crippen molar-refractivity contribution < 1.29 is 19.4 Å². The highest BCUT2D eigenvalue weighted by molar-refractivity contribution is 5.86. The Hall–Kier alpha value is -2.64. The second-order valence-corrected chi connectivity index (χ2v) is 5.04. The van der Waals surface area contributed by atoms with Gasteiger partial charge in [-0.3, -0.25) is 4.79 Å². The first-order valence-corrected chi connectivity index (χ1v) is 6.34. The second kappa shape index (κ2) is 5.78. The molecule has 2 aromatic heterocycles. The van der Waals surface area contributed by atoms with Gasteiger partial charge in [0.15, 0.2) is 11.4 Å². The molecule has 0 bridgehead atoms. The molecule has 2 heterocycles. The molecule has 0 aliphatic carbocycles. The fourth-order valence-electron chi connectivity index (χ4n) is 1.89. The molecule has 0 amide bonds. The highest BCUT2D eigenvalue weighted by Gasteiger charge is 2.20. The fraction of sp³-hybridized carbons (Fsp3) is 0.385. The smallest absolute Gasteiger partial charge is 0.358 e. The Morgan fingerprint density at radius 1 is 1.48 bits per heavy atom. The first kappa shape index (κ1) is 14.8. The highest BCUT2D eigenvalue weighted by Crippen LogP contribution is 2.14. The van der Waals surface area contributed by atoms with Crippen molar-refractivity contribution in [3.05, 3.63) is 39.7 Å². The summed E-state index contributed by atoms with van der Waals surface area (Å²) in [5.74, 6) is -1.16. The molecule has 0 aliphatic heterocycles.